The molecular formula is C23H40O5. The number of esters is 2. The molecule has 0 aromatic rings. The average Bonchev–Trinajstić information content (AvgIpc) is 2.66. The first-order valence-corrected chi connectivity index (χ1v) is 11.0. The van der Waals surface area contributed by atoms with E-state index < -0.39 is 18.0 Å². The fraction of sp³-hybridized carbons (Fsp3) is 0.783. The van der Waals surface area contributed by atoms with Gasteiger partial charge >= 0.3 is 11.9 Å². The predicted octanol–water partition coefficient (Wildman–Crippen LogP) is 5.70. The van der Waals surface area contributed by atoms with Gasteiger partial charge in [-0.2, -0.15) is 0 Å². The van der Waals surface area contributed by atoms with Crippen molar-refractivity contribution < 1.29 is 23.9 Å². The van der Waals surface area contributed by atoms with Crippen molar-refractivity contribution in [1.82, 2.24) is 0 Å². The molecule has 0 rings (SSSR count). The number of rotatable bonds is 18. The summed E-state index contributed by atoms with van der Waals surface area (Å²) < 4.78 is 9.85. The zero-order valence-electron chi connectivity index (χ0n) is 18.2. The molecule has 5 heteroatoms. The lowest BCUT2D eigenvalue weighted by atomic mass is 10.0. The van der Waals surface area contributed by atoms with E-state index in [4.69, 9.17) is 9.47 Å². The molecule has 0 aromatic heterocycles. The van der Waals surface area contributed by atoms with Crippen molar-refractivity contribution >= 4 is 17.7 Å². The minimum absolute atomic E-state index is 0.244. The van der Waals surface area contributed by atoms with Gasteiger partial charge in [0.05, 0.1) is 6.61 Å². The van der Waals surface area contributed by atoms with E-state index >= 15 is 0 Å². The fourth-order valence-corrected chi connectivity index (χ4v) is 2.77. The molecule has 0 aliphatic rings. The van der Waals surface area contributed by atoms with E-state index in [2.05, 4.69) is 6.92 Å². The third-order valence-electron chi connectivity index (χ3n) is 4.71. The number of carbonyl (C=O) groups is 3. The van der Waals surface area contributed by atoms with E-state index in [9.17, 15) is 14.4 Å². The molecule has 162 valence electrons. The number of hydrogen-bond donors (Lipinski definition) is 0. The van der Waals surface area contributed by atoms with Crippen LogP contribution >= 0.6 is 0 Å². The zero-order valence-corrected chi connectivity index (χ0v) is 18.2. The number of Topliss-reactive ketones (excluding diaryl/α,β-unsaturated/α-hetero) is 1. The van der Waals surface area contributed by atoms with Gasteiger partial charge in [0, 0.05) is 12.2 Å². The van der Waals surface area contributed by atoms with Gasteiger partial charge in [-0.05, 0) is 20.3 Å². The highest BCUT2D eigenvalue weighted by Gasteiger charge is 2.11. The SMILES string of the molecule is CCCCCCCCCCCCCCCOC(=O)/C=C/C(=O)OC(C)C(C)=O. The van der Waals surface area contributed by atoms with Crippen LogP contribution in [0.4, 0.5) is 0 Å². The molecular weight excluding hydrogens is 356 g/mol. The highest BCUT2D eigenvalue weighted by Crippen LogP contribution is 2.12. The first kappa shape index (κ1) is 26.4. The predicted molar refractivity (Wildman–Crippen MR) is 112 cm³/mol. The lowest BCUT2D eigenvalue weighted by molar-refractivity contribution is -0.148. The second-order valence-electron chi connectivity index (χ2n) is 7.43. The molecule has 0 saturated carbocycles. The van der Waals surface area contributed by atoms with Gasteiger partial charge in [0.1, 0.15) is 0 Å². The molecule has 1 atom stereocenters. The lowest BCUT2D eigenvalue weighted by Gasteiger charge is -2.07. The third-order valence-corrected chi connectivity index (χ3v) is 4.71. The number of ketones is 1. The zero-order chi connectivity index (χ0) is 21.0. The average molecular weight is 397 g/mol. The van der Waals surface area contributed by atoms with E-state index in [0.717, 1.165) is 25.0 Å². The second kappa shape index (κ2) is 18.7. The molecule has 28 heavy (non-hydrogen) atoms. The summed E-state index contributed by atoms with van der Waals surface area (Å²) in [4.78, 5) is 33.9. The van der Waals surface area contributed by atoms with Crippen LogP contribution in [-0.2, 0) is 23.9 Å². The van der Waals surface area contributed by atoms with Crippen LogP contribution in [0.3, 0.4) is 0 Å². The molecule has 0 amide bonds. The Kier molecular flexibility index (Phi) is 17.6. The Balaban J connectivity index is 3.44. The van der Waals surface area contributed by atoms with Gasteiger partial charge in [-0.25, -0.2) is 9.59 Å². The van der Waals surface area contributed by atoms with Gasteiger partial charge in [-0.15, -0.1) is 0 Å². The van der Waals surface area contributed by atoms with E-state index in [1.165, 1.54) is 84.5 Å². The Morgan fingerprint density at radius 3 is 1.61 bits per heavy atom. The number of hydrogen-bond acceptors (Lipinski definition) is 5. The Labute approximate surface area is 171 Å². The van der Waals surface area contributed by atoms with Crippen molar-refractivity contribution in [3.8, 4) is 0 Å². The first-order chi connectivity index (χ1) is 13.5. The molecule has 0 fully saturated rings. The van der Waals surface area contributed by atoms with Crippen LogP contribution in [0, 0.1) is 0 Å². The van der Waals surface area contributed by atoms with E-state index in [-0.39, 0.29) is 5.78 Å². The van der Waals surface area contributed by atoms with Crippen molar-refractivity contribution in [3.63, 3.8) is 0 Å². The Hall–Kier alpha value is -1.65. The summed E-state index contributed by atoms with van der Waals surface area (Å²) >= 11 is 0. The van der Waals surface area contributed by atoms with E-state index in [0.29, 0.717) is 6.61 Å². The van der Waals surface area contributed by atoms with Gasteiger partial charge in [0.15, 0.2) is 11.9 Å². The minimum atomic E-state index is -0.807. The van der Waals surface area contributed by atoms with Gasteiger partial charge in [0.25, 0.3) is 0 Å². The topological polar surface area (TPSA) is 69.7 Å². The second-order valence-corrected chi connectivity index (χ2v) is 7.43. The van der Waals surface area contributed by atoms with Crippen molar-refractivity contribution in [2.75, 3.05) is 6.61 Å². The van der Waals surface area contributed by atoms with Crippen LogP contribution in [0.1, 0.15) is 104 Å². The highest BCUT2D eigenvalue weighted by atomic mass is 16.5. The van der Waals surface area contributed by atoms with Crippen LogP contribution in [0.5, 0.6) is 0 Å². The molecule has 0 bridgehead atoms. The summed E-state index contributed by atoms with van der Waals surface area (Å²) in [6, 6.07) is 0. The fourth-order valence-electron chi connectivity index (χ4n) is 2.77. The number of carbonyl (C=O) groups excluding carboxylic acids is 3. The van der Waals surface area contributed by atoms with Gasteiger partial charge in [-0.3, -0.25) is 4.79 Å². The van der Waals surface area contributed by atoms with Crippen LogP contribution < -0.4 is 0 Å². The van der Waals surface area contributed by atoms with Gasteiger partial charge in [0.2, 0.25) is 0 Å². The first-order valence-electron chi connectivity index (χ1n) is 11.0. The quantitative estimate of drug-likeness (QED) is 0.169. The van der Waals surface area contributed by atoms with Crippen LogP contribution in [0.2, 0.25) is 0 Å². The van der Waals surface area contributed by atoms with Gasteiger partial charge < -0.3 is 9.47 Å². The maximum absolute atomic E-state index is 11.5. The molecule has 1 unspecified atom stereocenters. The minimum Gasteiger partial charge on any atom is -0.463 e. The largest absolute Gasteiger partial charge is 0.463 e. The molecule has 0 radical (unpaired) electrons. The third kappa shape index (κ3) is 17.7. The van der Waals surface area contributed by atoms with Crippen LogP contribution in [0.25, 0.3) is 0 Å². The van der Waals surface area contributed by atoms with Crippen molar-refractivity contribution in [2.45, 2.75) is 110 Å². The maximum Gasteiger partial charge on any atom is 0.331 e. The van der Waals surface area contributed by atoms with Crippen molar-refractivity contribution in [2.24, 2.45) is 0 Å². The molecule has 0 aromatic carbocycles. The summed E-state index contributed by atoms with van der Waals surface area (Å²) in [5.74, 6) is -1.53. The number of unbranched alkanes of at least 4 members (excludes halogenated alkanes) is 12. The normalized spacial score (nSPS) is 12.1. The van der Waals surface area contributed by atoms with E-state index in [1.807, 2.05) is 0 Å². The Morgan fingerprint density at radius 2 is 1.14 bits per heavy atom. The standard InChI is InChI=1S/C23H40O5/c1-4-5-6-7-8-9-10-11-12-13-14-15-16-19-27-22(25)17-18-23(26)28-21(3)20(2)24/h17-18,21H,4-16,19H2,1-3H3/b18-17+. The van der Waals surface area contributed by atoms with Crippen LogP contribution in [0.15, 0.2) is 12.2 Å². The van der Waals surface area contributed by atoms with Crippen molar-refractivity contribution in [3.05, 3.63) is 12.2 Å². The van der Waals surface area contributed by atoms with E-state index in [1.54, 1.807) is 0 Å². The lowest BCUT2D eigenvalue weighted by Crippen LogP contribution is -2.20. The van der Waals surface area contributed by atoms with Crippen molar-refractivity contribution in [1.29, 1.82) is 0 Å². The molecule has 0 aliphatic heterocycles. The summed E-state index contributed by atoms with van der Waals surface area (Å²) in [6.07, 6.45) is 17.7. The highest BCUT2D eigenvalue weighted by molar-refractivity contribution is 5.93. The van der Waals surface area contributed by atoms with Crippen LogP contribution in [-0.4, -0.2) is 30.4 Å². The molecule has 0 N–H and O–H groups in total. The molecule has 5 nitrogen and oxygen atoms in total. The smallest absolute Gasteiger partial charge is 0.331 e. The monoisotopic (exact) mass is 396 g/mol. The summed E-state index contributed by atoms with van der Waals surface area (Å²) in [5, 5.41) is 0. The summed E-state index contributed by atoms with van der Waals surface area (Å²) in [7, 11) is 0. The Morgan fingerprint density at radius 1 is 0.714 bits per heavy atom. The molecule has 0 heterocycles. The molecule has 0 aliphatic carbocycles. The summed E-state index contributed by atoms with van der Waals surface area (Å²) in [6.45, 7) is 5.44. The summed E-state index contributed by atoms with van der Waals surface area (Å²) in [5.41, 5.74) is 0. The maximum atomic E-state index is 11.5. The Bertz CT molecular complexity index is 456. The van der Waals surface area contributed by atoms with Gasteiger partial charge in [-0.1, -0.05) is 84.0 Å². The number of ether oxygens (including phenoxy) is 2. The molecule has 0 spiro atoms. The molecule has 0 saturated heterocycles.